The van der Waals surface area contributed by atoms with Gasteiger partial charge in [-0.2, -0.15) is 0 Å². The maximum Gasteiger partial charge on any atom is 0.0543 e. The Balaban J connectivity index is 1.22. The standard InChI is InChI=1S/C25H25N3/c1-2-6-19(7-3-1)9-10-20-11-13-21(14-12-20)25-23-17-28(18-24(25)27-23)16-22-8-4-5-15-26-22/h1-15,23-25,27H,16-18H2/b10-9+/t23-,24+,25?. The third-order valence-electron chi connectivity index (χ3n) is 5.91. The third kappa shape index (κ3) is 3.64. The van der Waals surface area contributed by atoms with Crippen molar-refractivity contribution in [3.05, 3.63) is 101 Å². The summed E-state index contributed by atoms with van der Waals surface area (Å²) in [5.74, 6) is 0.632. The van der Waals surface area contributed by atoms with E-state index in [1.165, 1.54) is 16.7 Å². The fourth-order valence-corrected chi connectivity index (χ4v) is 4.51. The topological polar surface area (TPSA) is 28.2 Å². The van der Waals surface area contributed by atoms with Gasteiger partial charge in [-0.3, -0.25) is 9.88 Å². The van der Waals surface area contributed by atoms with Gasteiger partial charge in [-0.05, 0) is 28.8 Å². The van der Waals surface area contributed by atoms with E-state index >= 15 is 0 Å². The minimum Gasteiger partial charge on any atom is -0.307 e. The summed E-state index contributed by atoms with van der Waals surface area (Å²) in [6.07, 6.45) is 6.24. The molecule has 6 rings (SSSR count). The van der Waals surface area contributed by atoms with Crippen molar-refractivity contribution in [3.8, 4) is 0 Å². The van der Waals surface area contributed by atoms with Crippen LogP contribution >= 0.6 is 0 Å². The van der Waals surface area contributed by atoms with Gasteiger partial charge in [0.15, 0.2) is 0 Å². The number of benzene rings is 2. The van der Waals surface area contributed by atoms with Gasteiger partial charge >= 0.3 is 0 Å². The minimum absolute atomic E-state index is 0.549. The summed E-state index contributed by atoms with van der Waals surface area (Å²) in [6.45, 7) is 3.13. The van der Waals surface area contributed by atoms with Crippen LogP contribution in [-0.2, 0) is 6.54 Å². The molecule has 1 N–H and O–H groups in total. The number of piperidine rings is 1. The van der Waals surface area contributed by atoms with E-state index in [0.29, 0.717) is 18.0 Å². The molecule has 1 aromatic heterocycles. The lowest BCUT2D eigenvalue weighted by Gasteiger charge is -2.55. The van der Waals surface area contributed by atoms with Crippen LogP contribution in [0, 0.1) is 0 Å². The Labute approximate surface area is 166 Å². The molecule has 2 bridgehead atoms. The highest BCUT2D eigenvalue weighted by atomic mass is 15.3. The quantitative estimate of drug-likeness (QED) is 0.686. The highest BCUT2D eigenvalue weighted by Crippen LogP contribution is 2.37. The van der Waals surface area contributed by atoms with Crippen LogP contribution in [0.3, 0.4) is 0 Å². The molecule has 140 valence electrons. The molecule has 3 saturated heterocycles. The molecule has 3 atom stereocenters. The first kappa shape index (κ1) is 17.4. The first-order valence-corrected chi connectivity index (χ1v) is 10.1. The van der Waals surface area contributed by atoms with Crippen LogP contribution in [-0.4, -0.2) is 35.1 Å². The molecule has 0 aliphatic carbocycles. The molecule has 2 aromatic carbocycles. The second kappa shape index (κ2) is 7.70. The van der Waals surface area contributed by atoms with Crippen LogP contribution in [0.5, 0.6) is 0 Å². The van der Waals surface area contributed by atoms with Crippen LogP contribution in [0.15, 0.2) is 79.0 Å². The van der Waals surface area contributed by atoms with Gasteiger partial charge in [-0.25, -0.2) is 0 Å². The van der Waals surface area contributed by atoms with E-state index in [4.69, 9.17) is 0 Å². The molecular weight excluding hydrogens is 342 g/mol. The Hall–Kier alpha value is -2.75. The highest BCUT2D eigenvalue weighted by molar-refractivity contribution is 5.69. The number of nitrogens with one attached hydrogen (secondary N) is 1. The molecule has 3 fully saturated rings. The second-order valence-electron chi connectivity index (χ2n) is 7.83. The first-order chi connectivity index (χ1) is 13.8. The minimum atomic E-state index is 0.549. The van der Waals surface area contributed by atoms with Gasteiger partial charge in [-0.1, -0.05) is 72.8 Å². The molecule has 1 unspecified atom stereocenters. The lowest BCUT2D eigenvalue weighted by Crippen LogP contribution is -2.71. The molecule has 0 radical (unpaired) electrons. The maximum atomic E-state index is 4.47. The van der Waals surface area contributed by atoms with E-state index in [-0.39, 0.29) is 0 Å². The zero-order chi connectivity index (χ0) is 18.8. The van der Waals surface area contributed by atoms with Crippen molar-refractivity contribution in [2.75, 3.05) is 13.1 Å². The molecule has 0 amide bonds. The molecule has 3 heteroatoms. The van der Waals surface area contributed by atoms with Crippen molar-refractivity contribution in [1.82, 2.24) is 15.2 Å². The van der Waals surface area contributed by atoms with Crippen molar-refractivity contribution < 1.29 is 0 Å². The predicted molar refractivity (Wildman–Crippen MR) is 115 cm³/mol. The molecule has 0 spiro atoms. The highest BCUT2D eigenvalue weighted by Gasteiger charge is 2.46. The van der Waals surface area contributed by atoms with Gasteiger partial charge in [-0.15, -0.1) is 0 Å². The van der Waals surface area contributed by atoms with Crippen molar-refractivity contribution >= 4 is 12.2 Å². The van der Waals surface area contributed by atoms with Crippen molar-refractivity contribution in [2.45, 2.75) is 24.5 Å². The Kier molecular flexibility index (Phi) is 4.78. The SMILES string of the molecule is C(=C\c1ccc(C2[C@@H]3CN(Cc4ccccn4)C[C@H]2N3)cc1)/c1ccccc1. The number of aromatic nitrogens is 1. The number of hydrogen-bond acceptors (Lipinski definition) is 3. The fraction of sp³-hybridized carbons (Fsp3) is 0.240. The first-order valence-electron chi connectivity index (χ1n) is 10.1. The van der Waals surface area contributed by atoms with Crippen LogP contribution < -0.4 is 5.32 Å². The van der Waals surface area contributed by atoms with Gasteiger partial charge in [0.25, 0.3) is 0 Å². The molecule has 3 aliphatic heterocycles. The Morgan fingerprint density at radius 2 is 1.50 bits per heavy atom. The van der Waals surface area contributed by atoms with E-state index in [1.54, 1.807) is 0 Å². The average molecular weight is 367 g/mol. The Bertz CT molecular complexity index is 923. The number of hydrogen-bond donors (Lipinski definition) is 1. The summed E-state index contributed by atoms with van der Waals surface area (Å²) < 4.78 is 0. The van der Waals surface area contributed by atoms with E-state index in [9.17, 15) is 0 Å². The van der Waals surface area contributed by atoms with Gasteiger partial charge in [0.05, 0.1) is 5.69 Å². The lowest BCUT2D eigenvalue weighted by molar-refractivity contribution is 0.0463. The summed E-state index contributed by atoms with van der Waals surface area (Å²) in [4.78, 5) is 7.00. The predicted octanol–water partition coefficient (Wildman–Crippen LogP) is 4.19. The van der Waals surface area contributed by atoms with E-state index in [1.807, 2.05) is 18.3 Å². The van der Waals surface area contributed by atoms with Crippen molar-refractivity contribution in [3.63, 3.8) is 0 Å². The summed E-state index contributed by atoms with van der Waals surface area (Å²) in [6, 6.07) is 26.8. The van der Waals surface area contributed by atoms with E-state index in [0.717, 1.165) is 25.3 Å². The van der Waals surface area contributed by atoms with Crippen molar-refractivity contribution in [1.29, 1.82) is 0 Å². The largest absolute Gasteiger partial charge is 0.307 e. The normalized spacial score (nSPS) is 24.2. The average Bonchev–Trinajstić information content (AvgIpc) is 2.75. The number of piperazine rings is 1. The second-order valence-corrected chi connectivity index (χ2v) is 7.83. The van der Waals surface area contributed by atoms with Gasteiger partial charge in [0.2, 0.25) is 0 Å². The smallest absolute Gasteiger partial charge is 0.0543 e. The molecule has 3 aliphatic rings. The molecule has 3 nitrogen and oxygen atoms in total. The van der Waals surface area contributed by atoms with Gasteiger partial charge < -0.3 is 5.32 Å². The monoisotopic (exact) mass is 367 g/mol. The number of nitrogens with zero attached hydrogens (tertiary/aromatic N) is 2. The molecule has 28 heavy (non-hydrogen) atoms. The van der Waals surface area contributed by atoms with Crippen molar-refractivity contribution in [2.24, 2.45) is 0 Å². The van der Waals surface area contributed by atoms with Crippen LogP contribution in [0.1, 0.15) is 28.3 Å². The van der Waals surface area contributed by atoms with E-state index in [2.05, 4.69) is 88.0 Å². The molecule has 0 saturated carbocycles. The summed E-state index contributed by atoms with van der Waals surface area (Å²) >= 11 is 0. The Morgan fingerprint density at radius 1 is 0.821 bits per heavy atom. The molecule has 3 aromatic rings. The van der Waals surface area contributed by atoms with Crippen LogP contribution in [0.25, 0.3) is 12.2 Å². The summed E-state index contributed by atoms with van der Waals surface area (Å²) in [7, 11) is 0. The van der Waals surface area contributed by atoms with Gasteiger partial charge in [0, 0.05) is 43.8 Å². The molecular formula is C25H25N3. The number of fused-ring (bicyclic) bond motifs is 2. The van der Waals surface area contributed by atoms with Crippen LogP contribution in [0.4, 0.5) is 0 Å². The summed E-state index contributed by atoms with van der Waals surface area (Å²) in [5.41, 5.74) is 5.11. The fourth-order valence-electron chi connectivity index (χ4n) is 4.51. The lowest BCUT2D eigenvalue weighted by atomic mass is 9.74. The number of rotatable bonds is 5. The Morgan fingerprint density at radius 3 is 2.18 bits per heavy atom. The van der Waals surface area contributed by atoms with E-state index < -0.39 is 0 Å². The maximum absolute atomic E-state index is 4.47. The third-order valence-corrected chi connectivity index (χ3v) is 5.91. The zero-order valence-corrected chi connectivity index (χ0v) is 15.9. The summed E-state index contributed by atoms with van der Waals surface area (Å²) in [5, 5.41) is 3.73. The molecule has 4 heterocycles. The number of pyridine rings is 1. The van der Waals surface area contributed by atoms with Crippen LogP contribution in [0.2, 0.25) is 0 Å². The van der Waals surface area contributed by atoms with Gasteiger partial charge in [0.1, 0.15) is 0 Å². The zero-order valence-electron chi connectivity index (χ0n) is 15.9.